The smallest absolute Gasteiger partial charge is 0.341 e. The molecule has 0 aromatic heterocycles. The molecule has 2 aromatic carbocycles. The number of Topliss-reactive ketones (excluding diaryl/α,β-unsaturated/α-hetero) is 1. The van der Waals surface area contributed by atoms with Gasteiger partial charge in [-0.1, -0.05) is 50.2 Å². The fraction of sp³-hybridized carbons (Fsp3) is 0.345. The summed E-state index contributed by atoms with van der Waals surface area (Å²) >= 11 is 0. The zero-order chi connectivity index (χ0) is 27.2. The molecular weight excluding hydrogens is 491 g/mol. The van der Waals surface area contributed by atoms with Crippen molar-refractivity contribution in [1.82, 2.24) is 0 Å². The van der Waals surface area contributed by atoms with E-state index in [0.717, 1.165) is 0 Å². The lowest BCUT2D eigenvalue weighted by atomic mass is 9.62. The van der Waals surface area contributed by atoms with Crippen LogP contribution in [0, 0.1) is 11.2 Å². The summed E-state index contributed by atoms with van der Waals surface area (Å²) in [5, 5.41) is 0. The van der Waals surface area contributed by atoms with Crippen molar-refractivity contribution in [2.75, 3.05) is 25.2 Å². The quantitative estimate of drug-likeness (QED) is 0.458. The van der Waals surface area contributed by atoms with Gasteiger partial charge in [0.1, 0.15) is 29.2 Å². The van der Waals surface area contributed by atoms with Gasteiger partial charge in [0.15, 0.2) is 5.78 Å². The highest BCUT2D eigenvalue weighted by Crippen LogP contribution is 2.57. The number of hydrogen-bond acceptors (Lipinski definition) is 7. The molecule has 1 spiro atoms. The average molecular weight is 521 g/mol. The normalized spacial score (nSPS) is 21.9. The molecular formula is C29H29FN2O6. The fourth-order valence-corrected chi connectivity index (χ4v) is 5.70. The van der Waals surface area contributed by atoms with Gasteiger partial charge >= 0.3 is 5.97 Å². The lowest BCUT2D eigenvalue weighted by Crippen LogP contribution is -2.52. The standard InChI is InChI=1S/C29H29FN2O6/c1-28(2)14-21(33)23-22(15-28)38-25(31)24(26(34)37-13-12-36-3)29(23)18-9-5-7-11-20(18)32(27(29)35)16-17-8-4-6-10-19(17)30/h4-11H,12-16,31H2,1-3H3. The van der Waals surface area contributed by atoms with Crippen molar-refractivity contribution in [2.45, 2.75) is 38.6 Å². The van der Waals surface area contributed by atoms with E-state index in [1.807, 2.05) is 13.8 Å². The summed E-state index contributed by atoms with van der Waals surface area (Å²) in [5.41, 5.74) is 4.99. The third-order valence-corrected chi connectivity index (χ3v) is 7.24. The highest BCUT2D eigenvalue weighted by atomic mass is 19.1. The van der Waals surface area contributed by atoms with Crippen molar-refractivity contribution in [3.05, 3.63) is 88.3 Å². The van der Waals surface area contributed by atoms with Gasteiger partial charge in [0.2, 0.25) is 11.8 Å². The minimum absolute atomic E-state index is 0.0817. The Balaban J connectivity index is 1.75. The summed E-state index contributed by atoms with van der Waals surface area (Å²) in [5.74, 6) is -2.31. The zero-order valence-corrected chi connectivity index (χ0v) is 21.5. The minimum Gasteiger partial charge on any atom is -0.460 e. The van der Waals surface area contributed by atoms with E-state index in [0.29, 0.717) is 17.7 Å². The Bertz CT molecular complexity index is 1410. The van der Waals surface area contributed by atoms with Gasteiger partial charge in [-0.25, -0.2) is 9.18 Å². The number of esters is 1. The number of para-hydroxylation sites is 1. The van der Waals surface area contributed by atoms with Gasteiger partial charge in [-0.3, -0.25) is 9.59 Å². The van der Waals surface area contributed by atoms with Crippen molar-refractivity contribution in [3.63, 3.8) is 0 Å². The number of ether oxygens (including phenoxy) is 3. The second-order valence-electron chi connectivity index (χ2n) is 10.5. The van der Waals surface area contributed by atoms with Crippen molar-refractivity contribution in [3.8, 4) is 0 Å². The van der Waals surface area contributed by atoms with Gasteiger partial charge < -0.3 is 24.8 Å². The third kappa shape index (κ3) is 3.89. The summed E-state index contributed by atoms with van der Waals surface area (Å²) in [7, 11) is 1.46. The molecule has 8 nitrogen and oxygen atoms in total. The number of amides is 1. The fourth-order valence-electron chi connectivity index (χ4n) is 5.70. The monoisotopic (exact) mass is 520 g/mol. The maximum absolute atomic E-state index is 14.7. The van der Waals surface area contributed by atoms with Crippen LogP contribution in [0.5, 0.6) is 0 Å². The molecule has 0 fully saturated rings. The van der Waals surface area contributed by atoms with E-state index < -0.39 is 28.5 Å². The van der Waals surface area contributed by atoms with Crippen LogP contribution in [0.3, 0.4) is 0 Å². The van der Waals surface area contributed by atoms with Crippen LogP contribution in [0.4, 0.5) is 10.1 Å². The molecule has 0 bridgehead atoms. The Hall–Kier alpha value is -3.98. The second kappa shape index (κ2) is 9.40. The first kappa shape index (κ1) is 25.7. The van der Waals surface area contributed by atoms with Crippen LogP contribution in [0.1, 0.15) is 37.8 Å². The number of fused-ring (bicyclic) bond motifs is 3. The number of halogens is 1. The number of benzene rings is 2. The summed E-state index contributed by atoms with van der Waals surface area (Å²) in [6.07, 6.45) is 0.483. The first-order valence-electron chi connectivity index (χ1n) is 12.4. The number of nitrogens with zero attached hydrogens (tertiary/aromatic N) is 1. The van der Waals surface area contributed by atoms with Gasteiger partial charge in [-0.2, -0.15) is 0 Å². The van der Waals surface area contributed by atoms with Crippen LogP contribution in [-0.2, 0) is 40.6 Å². The Labute approximate surface area is 219 Å². The molecule has 0 saturated heterocycles. The molecule has 0 saturated carbocycles. The van der Waals surface area contributed by atoms with E-state index in [2.05, 4.69) is 0 Å². The predicted molar refractivity (Wildman–Crippen MR) is 136 cm³/mol. The number of rotatable bonds is 6. The minimum atomic E-state index is -1.89. The SMILES string of the molecule is COCCOC(=O)C1=C(N)OC2=C(C(=O)CC(C)(C)C2)C12C(=O)N(Cc1ccccc1F)c1ccccc12. The Kier molecular flexibility index (Phi) is 6.35. The van der Waals surface area contributed by atoms with E-state index in [1.165, 1.54) is 18.1 Å². The molecule has 1 unspecified atom stereocenters. The Morgan fingerprint density at radius 3 is 2.53 bits per heavy atom. The molecule has 2 aliphatic heterocycles. The van der Waals surface area contributed by atoms with Crippen molar-refractivity contribution >= 4 is 23.3 Å². The van der Waals surface area contributed by atoms with Crippen molar-refractivity contribution in [2.24, 2.45) is 11.1 Å². The first-order chi connectivity index (χ1) is 18.1. The van der Waals surface area contributed by atoms with E-state index >= 15 is 0 Å². The second-order valence-corrected chi connectivity index (χ2v) is 10.5. The maximum atomic E-state index is 14.7. The maximum Gasteiger partial charge on any atom is 0.341 e. The largest absolute Gasteiger partial charge is 0.460 e. The van der Waals surface area contributed by atoms with Crippen molar-refractivity contribution in [1.29, 1.82) is 0 Å². The molecule has 2 heterocycles. The first-order valence-corrected chi connectivity index (χ1v) is 12.4. The molecule has 38 heavy (non-hydrogen) atoms. The average Bonchev–Trinajstić information content (AvgIpc) is 3.08. The highest BCUT2D eigenvalue weighted by molar-refractivity contribution is 6.23. The molecule has 1 aliphatic carbocycles. The van der Waals surface area contributed by atoms with Gasteiger partial charge in [0.05, 0.1) is 18.7 Å². The van der Waals surface area contributed by atoms with Gasteiger partial charge in [0.25, 0.3) is 0 Å². The molecule has 1 amide bonds. The number of ketones is 1. The molecule has 9 heteroatoms. The predicted octanol–water partition coefficient (Wildman–Crippen LogP) is 3.64. The van der Waals surface area contributed by atoms with E-state index in [4.69, 9.17) is 19.9 Å². The molecule has 2 aromatic rings. The number of anilines is 1. The van der Waals surface area contributed by atoms with Gasteiger partial charge in [-0.05, 0) is 17.5 Å². The van der Waals surface area contributed by atoms with Crippen LogP contribution in [0.25, 0.3) is 0 Å². The number of carbonyl (C=O) groups is 3. The number of methoxy groups -OCH3 is 1. The lowest BCUT2D eigenvalue weighted by molar-refractivity contribution is -0.143. The topological polar surface area (TPSA) is 108 Å². The van der Waals surface area contributed by atoms with Crippen LogP contribution in [-0.4, -0.2) is 38.0 Å². The van der Waals surface area contributed by atoms with E-state index in [9.17, 15) is 18.8 Å². The summed E-state index contributed by atoms with van der Waals surface area (Å²) < 4.78 is 31.0. The number of hydrogen-bond donors (Lipinski definition) is 1. The summed E-state index contributed by atoms with van der Waals surface area (Å²) in [6.45, 7) is 3.77. The third-order valence-electron chi connectivity index (χ3n) is 7.24. The lowest BCUT2D eigenvalue weighted by Gasteiger charge is -2.42. The zero-order valence-electron chi connectivity index (χ0n) is 21.5. The Morgan fingerprint density at radius 1 is 1.08 bits per heavy atom. The molecule has 1 atom stereocenters. The number of allylic oxidation sites excluding steroid dienone is 1. The van der Waals surface area contributed by atoms with E-state index in [-0.39, 0.29) is 60.3 Å². The highest BCUT2D eigenvalue weighted by Gasteiger charge is 2.64. The molecule has 5 rings (SSSR count). The summed E-state index contributed by atoms with van der Waals surface area (Å²) in [6, 6.07) is 13.0. The van der Waals surface area contributed by atoms with Crippen LogP contribution in [0.2, 0.25) is 0 Å². The van der Waals surface area contributed by atoms with Crippen LogP contribution >= 0.6 is 0 Å². The molecule has 3 aliphatic rings. The van der Waals surface area contributed by atoms with Gasteiger partial charge in [0, 0.05) is 36.8 Å². The van der Waals surface area contributed by atoms with Gasteiger partial charge in [-0.15, -0.1) is 0 Å². The van der Waals surface area contributed by atoms with Crippen molar-refractivity contribution < 1.29 is 33.0 Å². The van der Waals surface area contributed by atoms with Crippen LogP contribution in [0.15, 0.2) is 71.3 Å². The Morgan fingerprint density at radius 2 is 1.79 bits per heavy atom. The molecule has 198 valence electrons. The molecule has 0 radical (unpaired) electrons. The number of nitrogens with two attached hydrogens (primary N) is 1. The number of carbonyl (C=O) groups excluding carboxylic acids is 3. The van der Waals surface area contributed by atoms with Crippen LogP contribution < -0.4 is 10.6 Å². The summed E-state index contributed by atoms with van der Waals surface area (Å²) in [4.78, 5) is 43.4. The van der Waals surface area contributed by atoms with E-state index in [1.54, 1.807) is 42.5 Å². The molecule has 2 N–H and O–H groups in total.